The van der Waals surface area contributed by atoms with E-state index in [0.29, 0.717) is 30.2 Å². The molecule has 108 valence electrons. The molecule has 7 nitrogen and oxygen atoms in total. The van der Waals surface area contributed by atoms with Gasteiger partial charge in [0.05, 0.1) is 17.9 Å². The van der Waals surface area contributed by atoms with Gasteiger partial charge in [0.2, 0.25) is 5.91 Å². The van der Waals surface area contributed by atoms with Crippen LogP contribution in [0.4, 0.5) is 5.69 Å². The predicted molar refractivity (Wildman–Crippen MR) is 74.5 cm³/mol. The Morgan fingerprint density at radius 1 is 1.50 bits per heavy atom. The van der Waals surface area contributed by atoms with Gasteiger partial charge in [-0.3, -0.25) is 9.59 Å². The molecular formula is C13H19N5O2. The zero-order chi connectivity index (χ0) is 14.7. The van der Waals surface area contributed by atoms with Crippen molar-refractivity contribution in [2.75, 3.05) is 18.9 Å². The summed E-state index contributed by atoms with van der Waals surface area (Å²) in [5.74, 6) is 0.423. The molecule has 1 aromatic heterocycles. The summed E-state index contributed by atoms with van der Waals surface area (Å²) >= 11 is 0. The lowest BCUT2D eigenvalue weighted by Gasteiger charge is -2.14. The molecule has 2 amide bonds. The fourth-order valence-corrected chi connectivity index (χ4v) is 1.99. The fraction of sp³-hybridized carbons (Fsp3) is 0.538. The van der Waals surface area contributed by atoms with Crippen LogP contribution in [-0.4, -0.2) is 41.4 Å². The van der Waals surface area contributed by atoms with Crippen molar-refractivity contribution in [1.82, 2.24) is 20.6 Å². The lowest BCUT2D eigenvalue weighted by atomic mass is 10.2. The van der Waals surface area contributed by atoms with E-state index in [1.807, 2.05) is 13.8 Å². The number of amides is 2. The average molecular weight is 277 g/mol. The first-order valence-electron chi connectivity index (χ1n) is 6.63. The van der Waals surface area contributed by atoms with Crippen LogP contribution in [0.1, 0.15) is 42.5 Å². The molecule has 20 heavy (non-hydrogen) atoms. The first-order chi connectivity index (χ1) is 9.51. The fourth-order valence-electron chi connectivity index (χ4n) is 1.99. The molecule has 1 unspecified atom stereocenters. The van der Waals surface area contributed by atoms with Gasteiger partial charge in [0.1, 0.15) is 5.82 Å². The second-order valence-electron chi connectivity index (χ2n) is 5.07. The zero-order valence-corrected chi connectivity index (χ0v) is 11.9. The summed E-state index contributed by atoms with van der Waals surface area (Å²) in [6.07, 6.45) is 1.91. The largest absolute Gasteiger partial charge is 0.385 e. The minimum Gasteiger partial charge on any atom is -0.385 e. The normalized spacial score (nSPS) is 18.0. The Kier molecular flexibility index (Phi) is 4.16. The molecule has 2 heterocycles. The molecule has 0 saturated carbocycles. The van der Waals surface area contributed by atoms with Crippen molar-refractivity contribution < 1.29 is 9.59 Å². The highest BCUT2D eigenvalue weighted by Gasteiger charge is 2.25. The SMILES string of the molecule is CNc1cnc(C(C)C)nc1C(=O)NC1CNC(=O)C1. The van der Waals surface area contributed by atoms with Crippen LogP contribution in [0.15, 0.2) is 6.20 Å². The van der Waals surface area contributed by atoms with Gasteiger partial charge in [0, 0.05) is 25.9 Å². The van der Waals surface area contributed by atoms with E-state index in [1.165, 1.54) is 0 Å². The van der Waals surface area contributed by atoms with E-state index in [1.54, 1.807) is 13.2 Å². The van der Waals surface area contributed by atoms with Gasteiger partial charge in [-0.1, -0.05) is 13.8 Å². The molecule has 2 rings (SSSR count). The van der Waals surface area contributed by atoms with Gasteiger partial charge in [-0.25, -0.2) is 9.97 Å². The average Bonchev–Trinajstić information content (AvgIpc) is 2.83. The number of rotatable bonds is 4. The number of hydrogen-bond donors (Lipinski definition) is 3. The third-order valence-electron chi connectivity index (χ3n) is 3.12. The van der Waals surface area contributed by atoms with Crippen LogP contribution >= 0.6 is 0 Å². The second kappa shape index (κ2) is 5.85. The van der Waals surface area contributed by atoms with E-state index in [2.05, 4.69) is 25.9 Å². The van der Waals surface area contributed by atoms with Gasteiger partial charge in [0.25, 0.3) is 5.91 Å². The van der Waals surface area contributed by atoms with Crippen molar-refractivity contribution in [2.45, 2.75) is 32.2 Å². The summed E-state index contributed by atoms with van der Waals surface area (Å²) < 4.78 is 0. The number of carbonyl (C=O) groups excluding carboxylic acids is 2. The minimum absolute atomic E-state index is 0.0466. The monoisotopic (exact) mass is 277 g/mol. The maximum absolute atomic E-state index is 12.3. The van der Waals surface area contributed by atoms with E-state index in [0.717, 1.165) is 0 Å². The quantitative estimate of drug-likeness (QED) is 0.733. The number of carbonyl (C=O) groups is 2. The molecule has 0 spiro atoms. The molecule has 1 fully saturated rings. The topological polar surface area (TPSA) is 96.0 Å². The first-order valence-corrected chi connectivity index (χ1v) is 6.63. The van der Waals surface area contributed by atoms with Crippen molar-refractivity contribution in [2.24, 2.45) is 0 Å². The van der Waals surface area contributed by atoms with Crippen LogP contribution in [0.2, 0.25) is 0 Å². The smallest absolute Gasteiger partial charge is 0.272 e. The molecule has 1 aliphatic heterocycles. The first kappa shape index (κ1) is 14.2. The van der Waals surface area contributed by atoms with E-state index < -0.39 is 0 Å². The number of nitrogens with zero attached hydrogens (tertiary/aromatic N) is 2. The summed E-state index contributed by atoms with van der Waals surface area (Å²) in [5.41, 5.74) is 0.884. The summed E-state index contributed by atoms with van der Waals surface area (Å²) in [5, 5.41) is 8.40. The second-order valence-corrected chi connectivity index (χ2v) is 5.07. The number of anilines is 1. The van der Waals surface area contributed by atoms with Crippen molar-refractivity contribution in [3.63, 3.8) is 0 Å². The highest BCUT2D eigenvalue weighted by Crippen LogP contribution is 2.16. The molecule has 1 atom stereocenters. The molecule has 0 aliphatic carbocycles. The zero-order valence-electron chi connectivity index (χ0n) is 11.9. The standard InChI is InChI=1S/C13H19N5O2/c1-7(2)12-16-6-9(14-3)11(18-12)13(20)17-8-4-10(19)15-5-8/h6-8,14H,4-5H2,1-3H3,(H,15,19)(H,17,20). The summed E-state index contributed by atoms with van der Waals surface area (Å²) in [6, 6.07) is -0.183. The van der Waals surface area contributed by atoms with Gasteiger partial charge >= 0.3 is 0 Å². The maximum atomic E-state index is 12.3. The Bertz CT molecular complexity index is 529. The van der Waals surface area contributed by atoms with Crippen molar-refractivity contribution in [3.8, 4) is 0 Å². The molecule has 7 heteroatoms. The van der Waals surface area contributed by atoms with Crippen LogP contribution in [0.3, 0.4) is 0 Å². The predicted octanol–water partition coefficient (Wildman–Crippen LogP) is 0.260. The highest BCUT2D eigenvalue weighted by molar-refractivity contribution is 5.98. The highest BCUT2D eigenvalue weighted by atomic mass is 16.2. The lowest BCUT2D eigenvalue weighted by molar-refractivity contribution is -0.119. The van der Waals surface area contributed by atoms with Gasteiger partial charge in [-0.05, 0) is 0 Å². The molecule has 3 N–H and O–H groups in total. The van der Waals surface area contributed by atoms with Gasteiger partial charge in [-0.15, -0.1) is 0 Å². The van der Waals surface area contributed by atoms with Crippen molar-refractivity contribution in [3.05, 3.63) is 17.7 Å². The molecule has 0 aromatic carbocycles. The van der Waals surface area contributed by atoms with E-state index in [-0.39, 0.29) is 23.8 Å². The molecule has 1 aliphatic rings. The van der Waals surface area contributed by atoms with Crippen molar-refractivity contribution >= 4 is 17.5 Å². The van der Waals surface area contributed by atoms with Crippen LogP contribution in [-0.2, 0) is 4.79 Å². The van der Waals surface area contributed by atoms with Crippen LogP contribution < -0.4 is 16.0 Å². The van der Waals surface area contributed by atoms with Crippen LogP contribution in [0.5, 0.6) is 0 Å². The van der Waals surface area contributed by atoms with Crippen LogP contribution in [0.25, 0.3) is 0 Å². The Hall–Kier alpha value is -2.18. The summed E-state index contributed by atoms with van der Waals surface area (Å²) in [7, 11) is 1.71. The van der Waals surface area contributed by atoms with Gasteiger partial charge in [0.15, 0.2) is 5.69 Å². The molecule has 0 radical (unpaired) electrons. The molecule has 0 bridgehead atoms. The Labute approximate surface area is 117 Å². The summed E-state index contributed by atoms with van der Waals surface area (Å²) in [6.45, 7) is 4.40. The lowest BCUT2D eigenvalue weighted by Crippen LogP contribution is -2.37. The number of nitrogens with one attached hydrogen (secondary N) is 3. The van der Waals surface area contributed by atoms with Gasteiger partial charge in [-0.2, -0.15) is 0 Å². The van der Waals surface area contributed by atoms with E-state index >= 15 is 0 Å². The number of aromatic nitrogens is 2. The molecule has 1 aromatic rings. The van der Waals surface area contributed by atoms with Crippen LogP contribution in [0, 0.1) is 0 Å². The third-order valence-corrected chi connectivity index (χ3v) is 3.12. The molecule has 1 saturated heterocycles. The molecular weight excluding hydrogens is 258 g/mol. The van der Waals surface area contributed by atoms with Gasteiger partial charge < -0.3 is 16.0 Å². The Morgan fingerprint density at radius 3 is 2.80 bits per heavy atom. The van der Waals surface area contributed by atoms with E-state index in [9.17, 15) is 9.59 Å². The Morgan fingerprint density at radius 2 is 2.25 bits per heavy atom. The van der Waals surface area contributed by atoms with Crippen molar-refractivity contribution in [1.29, 1.82) is 0 Å². The maximum Gasteiger partial charge on any atom is 0.272 e. The third kappa shape index (κ3) is 3.04. The van der Waals surface area contributed by atoms with E-state index in [4.69, 9.17) is 0 Å². The summed E-state index contributed by atoms with van der Waals surface area (Å²) in [4.78, 5) is 31.9. The number of hydrogen-bond acceptors (Lipinski definition) is 5. The Balaban J connectivity index is 2.18. The minimum atomic E-state index is -0.292.